The van der Waals surface area contributed by atoms with Crippen molar-refractivity contribution in [1.29, 1.82) is 0 Å². The van der Waals surface area contributed by atoms with E-state index in [1.165, 1.54) is 12.1 Å². The molecule has 0 saturated carbocycles. The largest absolute Gasteiger partial charge is 0.382 e. The van der Waals surface area contributed by atoms with Crippen LogP contribution in [0.3, 0.4) is 0 Å². The summed E-state index contributed by atoms with van der Waals surface area (Å²) in [5, 5.41) is 14.4. The molecule has 1 aromatic carbocycles. The van der Waals surface area contributed by atoms with E-state index >= 15 is 0 Å². The molecule has 0 spiro atoms. The van der Waals surface area contributed by atoms with Gasteiger partial charge in [0.05, 0.1) is 20.7 Å². The van der Waals surface area contributed by atoms with E-state index in [-0.39, 0.29) is 21.1 Å². The minimum Gasteiger partial charge on any atom is -0.382 e. The SMILES string of the molecule is CC(C)C(C)(C)CNc1c(Cl)cc([N+](=O)[O-])cc1Cl. The number of nitro groups is 1. The summed E-state index contributed by atoms with van der Waals surface area (Å²) in [5.74, 6) is 0.482. The Morgan fingerprint density at radius 1 is 1.32 bits per heavy atom. The fourth-order valence-electron chi connectivity index (χ4n) is 1.35. The number of nitrogens with zero attached hydrogens (tertiary/aromatic N) is 1. The molecule has 0 radical (unpaired) electrons. The third-order valence-electron chi connectivity index (χ3n) is 3.52. The van der Waals surface area contributed by atoms with Crippen LogP contribution in [0.2, 0.25) is 10.0 Å². The molecule has 0 aromatic heterocycles. The standard InChI is InChI=1S/C13H18Cl2N2O2/c1-8(2)13(3,4)7-16-12-10(14)5-9(17(18)19)6-11(12)15/h5-6,8,16H,7H2,1-4H3. The first-order chi connectivity index (χ1) is 8.65. The van der Waals surface area contributed by atoms with E-state index in [0.29, 0.717) is 18.2 Å². The summed E-state index contributed by atoms with van der Waals surface area (Å²) in [5.41, 5.74) is 0.500. The zero-order valence-corrected chi connectivity index (χ0v) is 13.0. The van der Waals surface area contributed by atoms with E-state index in [1.54, 1.807) is 0 Å². The van der Waals surface area contributed by atoms with Crippen molar-refractivity contribution < 1.29 is 4.92 Å². The van der Waals surface area contributed by atoms with Crippen LogP contribution in [0.4, 0.5) is 11.4 Å². The summed E-state index contributed by atoms with van der Waals surface area (Å²) < 4.78 is 0. The van der Waals surface area contributed by atoms with Gasteiger partial charge in [-0.2, -0.15) is 0 Å². The van der Waals surface area contributed by atoms with Gasteiger partial charge in [-0.25, -0.2) is 0 Å². The molecule has 0 atom stereocenters. The summed E-state index contributed by atoms with van der Waals surface area (Å²) in [6.07, 6.45) is 0. The summed E-state index contributed by atoms with van der Waals surface area (Å²) in [4.78, 5) is 10.2. The maximum absolute atomic E-state index is 10.7. The number of benzene rings is 1. The van der Waals surface area contributed by atoms with Crippen molar-refractivity contribution in [2.45, 2.75) is 27.7 Å². The van der Waals surface area contributed by atoms with E-state index in [1.807, 2.05) is 0 Å². The molecule has 0 aliphatic carbocycles. The van der Waals surface area contributed by atoms with Crippen LogP contribution >= 0.6 is 23.2 Å². The zero-order valence-electron chi connectivity index (χ0n) is 11.5. The van der Waals surface area contributed by atoms with Crippen molar-refractivity contribution in [3.05, 3.63) is 32.3 Å². The minimum atomic E-state index is -0.514. The van der Waals surface area contributed by atoms with Crippen LogP contribution in [0.15, 0.2) is 12.1 Å². The monoisotopic (exact) mass is 304 g/mol. The first-order valence-corrected chi connectivity index (χ1v) is 6.78. The molecule has 0 aliphatic heterocycles. The highest BCUT2D eigenvalue weighted by Gasteiger charge is 2.23. The number of halogens is 2. The molecule has 0 bridgehead atoms. The number of hydrogen-bond donors (Lipinski definition) is 1. The zero-order chi connectivity index (χ0) is 14.8. The van der Waals surface area contributed by atoms with Crippen LogP contribution in [0.5, 0.6) is 0 Å². The van der Waals surface area contributed by atoms with E-state index in [0.717, 1.165) is 0 Å². The van der Waals surface area contributed by atoms with Gasteiger partial charge in [-0.1, -0.05) is 50.9 Å². The van der Waals surface area contributed by atoms with Crippen LogP contribution in [0, 0.1) is 21.4 Å². The molecule has 0 aliphatic rings. The third kappa shape index (κ3) is 3.98. The van der Waals surface area contributed by atoms with Crippen molar-refractivity contribution in [2.75, 3.05) is 11.9 Å². The lowest BCUT2D eigenvalue weighted by Gasteiger charge is -2.30. The molecule has 0 unspecified atom stereocenters. The Morgan fingerprint density at radius 3 is 2.16 bits per heavy atom. The van der Waals surface area contributed by atoms with Gasteiger partial charge in [0.25, 0.3) is 5.69 Å². The third-order valence-corrected chi connectivity index (χ3v) is 4.12. The lowest BCUT2D eigenvalue weighted by Crippen LogP contribution is -2.28. The number of nitrogens with one attached hydrogen (secondary N) is 1. The van der Waals surface area contributed by atoms with Crippen LogP contribution < -0.4 is 5.32 Å². The molecule has 1 N–H and O–H groups in total. The van der Waals surface area contributed by atoms with E-state index in [2.05, 4.69) is 33.0 Å². The predicted molar refractivity (Wildman–Crippen MR) is 80.2 cm³/mol. The fourth-order valence-corrected chi connectivity index (χ4v) is 1.96. The van der Waals surface area contributed by atoms with Crippen molar-refractivity contribution in [2.24, 2.45) is 11.3 Å². The second-order valence-electron chi connectivity index (χ2n) is 5.54. The van der Waals surface area contributed by atoms with Crippen LogP contribution in [0.1, 0.15) is 27.7 Å². The van der Waals surface area contributed by atoms with E-state index in [4.69, 9.17) is 23.2 Å². The van der Waals surface area contributed by atoms with Gasteiger partial charge in [0.2, 0.25) is 0 Å². The molecule has 106 valence electrons. The van der Waals surface area contributed by atoms with Gasteiger partial charge in [0.15, 0.2) is 0 Å². The number of anilines is 1. The van der Waals surface area contributed by atoms with Gasteiger partial charge in [0.1, 0.15) is 0 Å². The molecule has 0 saturated heterocycles. The quantitative estimate of drug-likeness (QED) is 0.615. The summed E-state index contributed by atoms with van der Waals surface area (Å²) in [6.45, 7) is 9.24. The van der Waals surface area contributed by atoms with Crippen molar-refractivity contribution in [3.63, 3.8) is 0 Å². The summed E-state index contributed by atoms with van der Waals surface area (Å²) >= 11 is 12.1. The molecule has 0 heterocycles. The van der Waals surface area contributed by atoms with E-state index in [9.17, 15) is 10.1 Å². The summed E-state index contributed by atoms with van der Waals surface area (Å²) in [7, 11) is 0. The number of hydrogen-bond acceptors (Lipinski definition) is 3. The van der Waals surface area contributed by atoms with Crippen LogP contribution in [0.25, 0.3) is 0 Å². The Morgan fingerprint density at radius 2 is 1.79 bits per heavy atom. The van der Waals surface area contributed by atoms with Crippen molar-refractivity contribution >= 4 is 34.6 Å². The molecule has 4 nitrogen and oxygen atoms in total. The summed E-state index contributed by atoms with van der Waals surface area (Å²) in [6, 6.07) is 2.61. The highest BCUT2D eigenvalue weighted by molar-refractivity contribution is 6.39. The second kappa shape index (κ2) is 5.97. The molecule has 1 rings (SSSR count). The van der Waals surface area contributed by atoms with E-state index < -0.39 is 4.92 Å². The van der Waals surface area contributed by atoms with Gasteiger partial charge < -0.3 is 5.32 Å². The Hall–Kier alpha value is -1.00. The highest BCUT2D eigenvalue weighted by atomic mass is 35.5. The highest BCUT2D eigenvalue weighted by Crippen LogP contribution is 2.36. The Kier molecular flexibility index (Phi) is 5.04. The normalized spacial score (nSPS) is 11.7. The number of nitro benzene ring substituents is 1. The minimum absolute atomic E-state index is 0.0639. The Bertz CT molecular complexity index is 465. The number of non-ortho nitro benzene ring substituents is 1. The molecule has 0 fully saturated rings. The molecule has 1 aromatic rings. The first kappa shape index (κ1) is 16.1. The second-order valence-corrected chi connectivity index (χ2v) is 6.35. The lowest BCUT2D eigenvalue weighted by atomic mass is 9.81. The van der Waals surface area contributed by atoms with Crippen LogP contribution in [-0.2, 0) is 0 Å². The van der Waals surface area contributed by atoms with Gasteiger partial charge in [-0.15, -0.1) is 0 Å². The Labute approximate surface area is 123 Å². The Balaban J connectivity index is 2.94. The molecule has 6 heteroatoms. The van der Waals surface area contributed by atoms with Gasteiger partial charge in [-0.05, 0) is 11.3 Å². The van der Waals surface area contributed by atoms with Gasteiger partial charge in [-0.3, -0.25) is 10.1 Å². The lowest BCUT2D eigenvalue weighted by molar-refractivity contribution is -0.384. The molecule has 19 heavy (non-hydrogen) atoms. The van der Waals surface area contributed by atoms with Gasteiger partial charge >= 0.3 is 0 Å². The predicted octanol–water partition coefficient (Wildman–Crippen LogP) is 5.00. The number of rotatable bonds is 5. The van der Waals surface area contributed by atoms with Crippen LogP contribution in [-0.4, -0.2) is 11.5 Å². The van der Waals surface area contributed by atoms with Crippen molar-refractivity contribution in [1.82, 2.24) is 0 Å². The maximum Gasteiger partial charge on any atom is 0.272 e. The average molecular weight is 305 g/mol. The molecule has 0 amide bonds. The topological polar surface area (TPSA) is 55.2 Å². The molecular formula is C13H18Cl2N2O2. The molecular weight excluding hydrogens is 287 g/mol. The first-order valence-electron chi connectivity index (χ1n) is 6.02. The maximum atomic E-state index is 10.7. The van der Waals surface area contributed by atoms with Crippen molar-refractivity contribution in [3.8, 4) is 0 Å². The fraction of sp³-hybridized carbons (Fsp3) is 0.538. The van der Waals surface area contributed by atoms with Gasteiger partial charge in [0, 0.05) is 18.7 Å². The smallest absolute Gasteiger partial charge is 0.272 e. The average Bonchev–Trinajstić information content (AvgIpc) is 2.27.